The first-order valence-corrected chi connectivity index (χ1v) is 16.7. The summed E-state index contributed by atoms with van der Waals surface area (Å²) in [4.78, 5) is 0. The summed E-state index contributed by atoms with van der Waals surface area (Å²) in [5.74, 6) is 0. The lowest BCUT2D eigenvalue weighted by molar-refractivity contribution is 1.59. The average molecular weight is 607 g/mol. The minimum absolute atomic E-state index is 1.22. The second kappa shape index (κ2) is 10.7. The lowest BCUT2D eigenvalue weighted by Gasteiger charge is -2.13. The highest BCUT2D eigenvalue weighted by molar-refractivity contribution is 6.27. The van der Waals surface area contributed by atoms with Gasteiger partial charge in [-0.15, -0.1) is 0 Å². The molecular weight excluding hydrogens is 577 g/mol. The third-order valence-electron chi connectivity index (χ3n) is 10.3. The quantitative estimate of drug-likeness (QED) is 0.176. The molecule has 0 spiro atoms. The van der Waals surface area contributed by atoms with Gasteiger partial charge in [0.15, 0.2) is 0 Å². The van der Waals surface area contributed by atoms with E-state index in [-0.39, 0.29) is 0 Å². The Labute approximate surface area is 279 Å². The first-order valence-electron chi connectivity index (χ1n) is 16.7. The number of hydrogen-bond donors (Lipinski definition) is 0. The highest BCUT2D eigenvalue weighted by atomic mass is 14.2. The predicted molar refractivity (Wildman–Crippen MR) is 208 cm³/mol. The molecule has 10 aromatic rings. The molecule has 0 aromatic heterocycles. The van der Waals surface area contributed by atoms with Gasteiger partial charge >= 0.3 is 0 Å². The lowest BCUT2D eigenvalue weighted by atomic mass is 9.91. The molecule has 10 aromatic carbocycles. The Balaban J connectivity index is 0.995. The Hall–Kier alpha value is -6.24. The van der Waals surface area contributed by atoms with Gasteiger partial charge in [-0.2, -0.15) is 0 Å². The van der Waals surface area contributed by atoms with Gasteiger partial charge in [0.2, 0.25) is 0 Å². The predicted octanol–water partition coefficient (Wildman–Crippen LogP) is 13.6. The van der Waals surface area contributed by atoms with Crippen molar-refractivity contribution in [3.05, 3.63) is 182 Å². The van der Waals surface area contributed by atoms with Gasteiger partial charge in [-0.05, 0) is 110 Å². The number of fused-ring (bicyclic) bond motifs is 12. The maximum Gasteiger partial charge on any atom is -0.00928 e. The van der Waals surface area contributed by atoms with Crippen LogP contribution in [0, 0.1) is 0 Å². The van der Waals surface area contributed by atoms with Crippen LogP contribution in [-0.2, 0) is 0 Å². The Morgan fingerprint density at radius 2 is 0.333 bits per heavy atom. The SMILES string of the molecule is c1ccc2c(c1)c1ccccc1c1cc(-c3ccc(-c4ccc(-c5ccc6c7ccccc7c7ccccc7c6c5)cc4)cc3)ccc21. The molecule has 0 nitrogen and oxygen atoms in total. The molecule has 0 saturated heterocycles. The Bertz CT molecular complexity index is 2590. The fourth-order valence-electron chi connectivity index (χ4n) is 7.88. The zero-order valence-corrected chi connectivity index (χ0v) is 26.3. The summed E-state index contributed by atoms with van der Waals surface area (Å²) in [7, 11) is 0. The van der Waals surface area contributed by atoms with E-state index in [1.165, 1.54) is 98.0 Å². The van der Waals surface area contributed by atoms with E-state index in [9.17, 15) is 0 Å². The van der Waals surface area contributed by atoms with Gasteiger partial charge in [0.25, 0.3) is 0 Å². The molecule has 0 atom stereocenters. The summed E-state index contributed by atoms with van der Waals surface area (Å²) in [5, 5.41) is 15.7. The van der Waals surface area contributed by atoms with Crippen LogP contribution in [0.25, 0.3) is 98.0 Å². The second-order valence-electron chi connectivity index (χ2n) is 12.9. The van der Waals surface area contributed by atoms with Gasteiger partial charge in [-0.3, -0.25) is 0 Å². The smallest absolute Gasteiger partial charge is 0.00928 e. The first-order chi connectivity index (χ1) is 23.8. The van der Waals surface area contributed by atoms with E-state index >= 15 is 0 Å². The molecule has 0 aliphatic carbocycles. The minimum Gasteiger partial charge on any atom is -0.0616 e. The van der Waals surface area contributed by atoms with Crippen LogP contribution in [0.15, 0.2) is 182 Å². The topological polar surface area (TPSA) is 0 Å². The van der Waals surface area contributed by atoms with Crippen molar-refractivity contribution in [1.82, 2.24) is 0 Å². The molecule has 0 N–H and O–H groups in total. The molecule has 10 rings (SSSR count). The van der Waals surface area contributed by atoms with Crippen molar-refractivity contribution in [2.45, 2.75) is 0 Å². The summed E-state index contributed by atoms with van der Waals surface area (Å²) in [6.07, 6.45) is 0. The fraction of sp³-hybridized carbons (Fsp3) is 0. The third-order valence-corrected chi connectivity index (χ3v) is 10.3. The number of hydrogen-bond acceptors (Lipinski definition) is 0. The molecule has 0 radical (unpaired) electrons. The molecule has 0 amide bonds. The summed E-state index contributed by atoms with van der Waals surface area (Å²) >= 11 is 0. The van der Waals surface area contributed by atoms with Crippen LogP contribution < -0.4 is 0 Å². The first kappa shape index (κ1) is 26.9. The van der Waals surface area contributed by atoms with Gasteiger partial charge < -0.3 is 0 Å². The van der Waals surface area contributed by atoms with Crippen molar-refractivity contribution < 1.29 is 0 Å². The monoisotopic (exact) mass is 606 g/mol. The van der Waals surface area contributed by atoms with Crippen LogP contribution in [0.1, 0.15) is 0 Å². The Morgan fingerprint density at radius 3 is 0.604 bits per heavy atom. The van der Waals surface area contributed by atoms with Gasteiger partial charge in [0.1, 0.15) is 0 Å². The van der Waals surface area contributed by atoms with Gasteiger partial charge in [-0.25, -0.2) is 0 Å². The number of benzene rings is 10. The van der Waals surface area contributed by atoms with E-state index in [0.717, 1.165) is 0 Å². The van der Waals surface area contributed by atoms with Gasteiger partial charge in [0, 0.05) is 0 Å². The minimum atomic E-state index is 1.22. The second-order valence-corrected chi connectivity index (χ2v) is 12.9. The molecule has 222 valence electrons. The zero-order chi connectivity index (χ0) is 31.6. The molecule has 0 bridgehead atoms. The van der Waals surface area contributed by atoms with Crippen LogP contribution in [0.4, 0.5) is 0 Å². The van der Waals surface area contributed by atoms with Crippen molar-refractivity contribution in [3.63, 3.8) is 0 Å². The standard InChI is InChI=1S/C48H30/c1-3-13-41-37(9-1)39-11-5-7-15-43(39)47-29-35(25-27-45(41)47)33-21-17-31(18-22-33)32-19-23-34(24-20-32)36-26-28-46-42-14-4-2-10-38(42)40-12-6-8-16-44(40)48(46)30-36/h1-30H. The number of rotatable bonds is 3. The maximum atomic E-state index is 2.36. The Morgan fingerprint density at radius 1 is 0.146 bits per heavy atom. The van der Waals surface area contributed by atoms with E-state index in [0.29, 0.717) is 0 Å². The molecule has 0 unspecified atom stereocenters. The highest BCUT2D eigenvalue weighted by Crippen LogP contribution is 2.39. The van der Waals surface area contributed by atoms with Crippen LogP contribution >= 0.6 is 0 Å². The normalized spacial score (nSPS) is 11.8. The summed E-state index contributed by atoms with van der Waals surface area (Å²) in [6, 6.07) is 67.0. The van der Waals surface area contributed by atoms with E-state index in [1.807, 2.05) is 0 Å². The van der Waals surface area contributed by atoms with Crippen LogP contribution in [0.3, 0.4) is 0 Å². The molecule has 0 heteroatoms. The van der Waals surface area contributed by atoms with E-state index in [4.69, 9.17) is 0 Å². The molecule has 48 heavy (non-hydrogen) atoms. The molecule has 0 heterocycles. The molecule has 0 fully saturated rings. The van der Waals surface area contributed by atoms with Crippen molar-refractivity contribution in [2.75, 3.05) is 0 Å². The average Bonchev–Trinajstić information content (AvgIpc) is 3.18. The summed E-state index contributed by atoms with van der Waals surface area (Å²) < 4.78 is 0. The molecule has 0 aliphatic rings. The van der Waals surface area contributed by atoms with E-state index in [2.05, 4.69) is 182 Å². The molecule has 0 aliphatic heterocycles. The largest absolute Gasteiger partial charge is 0.0616 e. The van der Waals surface area contributed by atoms with Crippen LogP contribution in [0.2, 0.25) is 0 Å². The van der Waals surface area contributed by atoms with Crippen molar-refractivity contribution in [2.24, 2.45) is 0 Å². The maximum absolute atomic E-state index is 2.36. The Kier molecular flexibility index (Phi) is 5.98. The van der Waals surface area contributed by atoms with E-state index < -0.39 is 0 Å². The van der Waals surface area contributed by atoms with E-state index in [1.54, 1.807) is 0 Å². The van der Waals surface area contributed by atoms with Crippen molar-refractivity contribution in [1.29, 1.82) is 0 Å². The van der Waals surface area contributed by atoms with Gasteiger partial charge in [0.05, 0.1) is 0 Å². The van der Waals surface area contributed by atoms with Crippen LogP contribution in [0.5, 0.6) is 0 Å². The van der Waals surface area contributed by atoms with Crippen molar-refractivity contribution >= 4 is 64.6 Å². The third kappa shape index (κ3) is 4.16. The van der Waals surface area contributed by atoms with Crippen molar-refractivity contribution in [3.8, 4) is 33.4 Å². The summed E-state index contributed by atoms with van der Waals surface area (Å²) in [6.45, 7) is 0. The lowest BCUT2D eigenvalue weighted by Crippen LogP contribution is -1.86. The molecular formula is C48H30. The summed E-state index contributed by atoms with van der Waals surface area (Å²) in [5.41, 5.74) is 7.37. The molecule has 0 saturated carbocycles. The zero-order valence-electron chi connectivity index (χ0n) is 26.3. The van der Waals surface area contributed by atoms with Gasteiger partial charge in [-0.1, -0.05) is 170 Å². The van der Waals surface area contributed by atoms with Crippen LogP contribution in [-0.4, -0.2) is 0 Å². The fourth-order valence-corrected chi connectivity index (χ4v) is 7.88. The highest BCUT2D eigenvalue weighted by Gasteiger charge is 2.12.